The zero-order chi connectivity index (χ0) is 18.1. The van der Waals surface area contributed by atoms with Gasteiger partial charge in [-0.2, -0.15) is 5.10 Å². The molecule has 0 bridgehead atoms. The second-order valence-electron chi connectivity index (χ2n) is 5.31. The number of fused-ring (bicyclic) bond motifs is 1. The van der Waals surface area contributed by atoms with Crippen molar-refractivity contribution < 1.29 is 9.53 Å². The van der Waals surface area contributed by atoms with E-state index in [2.05, 4.69) is 15.1 Å². The smallest absolute Gasteiger partial charge is 0.338 e. The summed E-state index contributed by atoms with van der Waals surface area (Å²) in [4.78, 5) is 31.8. The van der Waals surface area contributed by atoms with E-state index in [0.717, 1.165) is 0 Å². The summed E-state index contributed by atoms with van der Waals surface area (Å²) in [5.74, 6) is -0.617. The van der Waals surface area contributed by atoms with Gasteiger partial charge in [0.25, 0.3) is 5.56 Å². The minimum absolute atomic E-state index is 0.131. The lowest BCUT2D eigenvalue weighted by Crippen LogP contribution is -2.19. The number of carbonyl (C=O) groups is 1. The third-order valence-corrected chi connectivity index (χ3v) is 4.22. The summed E-state index contributed by atoms with van der Waals surface area (Å²) in [6.45, 7) is 5.05. The number of carbonyl (C=O) groups excluding carboxylic acids is 1. The molecule has 25 heavy (non-hydrogen) atoms. The lowest BCUT2D eigenvalue weighted by molar-refractivity contribution is 0.0603. The van der Waals surface area contributed by atoms with E-state index in [1.807, 2.05) is 20.0 Å². The van der Waals surface area contributed by atoms with E-state index in [1.54, 1.807) is 15.3 Å². The van der Waals surface area contributed by atoms with Crippen molar-refractivity contribution in [1.29, 1.82) is 0 Å². The quantitative estimate of drug-likeness (QED) is 0.566. The Morgan fingerprint density at radius 1 is 1.32 bits per heavy atom. The average Bonchev–Trinajstić information content (AvgIpc) is 3.09. The van der Waals surface area contributed by atoms with E-state index in [1.165, 1.54) is 13.2 Å². The Kier molecular flexibility index (Phi) is 4.49. The number of aryl methyl sites for hydroxylation is 2. The Bertz CT molecular complexity index is 1080. The van der Waals surface area contributed by atoms with Gasteiger partial charge < -0.3 is 9.30 Å². The van der Waals surface area contributed by atoms with Crippen LogP contribution in [-0.2, 0) is 17.8 Å². The van der Waals surface area contributed by atoms with Crippen molar-refractivity contribution in [2.75, 3.05) is 7.11 Å². The summed E-state index contributed by atoms with van der Waals surface area (Å²) in [6.07, 6.45) is 1.82. The van der Waals surface area contributed by atoms with Crippen LogP contribution in [0.15, 0.2) is 23.1 Å². The molecule has 3 aromatic heterocycles. The number of rotatable bonds is 4. The third-order valence-electron chi connectivity index (χ3n) is 3.90. The van der Waals surface area contributed by atoms with Crippen LogP contribution in [0.3, 0.4) is 0 Å². The first-order valence-corrected chi connectivity index (χ1v) is 8.21. The molecule has 0 spiro atoms. The Labute approximate surface area is 148 Å². The Morgan fingerprint density at radius 2 is 2.08 bits per heavy atom. The molecule has 0 aromatic carbocycles. The zero-order valence-electron chi connectivity index (χ0n) is 14.1. The lowest BCUT2D eigenvalue weighted by Gasteiger charge is -2.11. The fraction of sp³-hybridized carbons (Fsp3) is 0.312. The topological polar surface area (TPSA) is 94.8 Å². The van der Waals surface area contributed by atoms with Gasteiger partial charge in [-0.1, -0.05) is 0 Å². The number of methoxy groups -OCH3 is 1. The molecule has 0 atom stereocenters. The predicted molar refractivity (Wildman–Crippen MR) is 95.1 cm³/mol. The van der Waals surface area contributed by atoms with Crippen LogP contribution in [0.4, 0.5) is 0 Å². The van der Waals surface area contributed by atoms with E-state index >= 15 is 0 Å². The van der Waals surface area contributed by atoms with Crippen molar-refractivity contribution in [2.24, 2.45) is 0 Å². The first-order valence-electron chi connectivity index (χ1n) is 7.80. The van der Waals surface area contributed by atoms with Gasteiger partial charge in [-0.15, -0.1) is 0 Å². The van der Waals surface area contributed by atoms with Crippen LogP contribution in [0.25, 0.3) is 22.4 Å². The van der Waals surface area contributed by atoms with Gasteiger partial charge in [0.05, 0.1) is 23.8 Å². The molecular weight excluding hydrogens is 342 g/mol. The van der Waals surface area contributed by atoms with Gasteiger partial charge in [0.2, 0.25) is 0 Å². The number of pyridine rings is 1. The monoisotopic (exact) mass is 359 g/mol. The van der Waals surface area contributed by atoms with Crippen molar-refractivity contribution in [2.45, 2.75) is 26.9 Å². The van der Waals surface area contributed by atoms with Crippen molar-refractivity contribution in [3.8, 4) is 11.4 Å². The van der Waals surface area contributed by atoms with Crippen molar-refractivity contribution in [1.82, 2.24) is 24.3 Å². The molecule has 3 rings (SSSR count). The minimum Gasteiger partial charge on any atom is -0.465 e. The molecule has 8 nitrogen and oxygen atoms in total. The Morgan fingerprint density at radius 3 is 2.68 bits per heavy atom. The van der Waals surface area contributed by atoms with Crippen LogP contribution < -0.4 is 5.56 Å². The molecular formula is C16H17N5O3S. The van der Waals surface area contributed by atoms with Crippen LogP contribution in [0, 0.1) is 4.77 Å². The molecule has 130 valence electrons. The fourth-order valence-electron chi connectivity index (χ4n) is 2.64. The maximum absolute atomic E-state index is 12.4. The summed E-state index contributed by atoms with van der Waals surface area (Å²) in [5.41, 5.74) is 1.07. The molecule has 0 aliphatic rings. The summed E-state index contributed by atoms with van der Waals surface area (Å²) in [6, 6.07) is 3.32. The van der Waals surface area contributed by atoms with Gasteiger partial charge >= 0.3 is 5.97 Å². The number of hydrogen-bond acceptors (Lipinski definition) is 6. The molecule has 0 radical (unpaired) electrons. The molecule has 0 saturated carbocycles. The van der Waals surface area contributed by atoms with Gasteiger partial charge in [0.1, 0.15) is 11.3 Å². The number of aromatic amines is 1. The lowest BCUT2D eigenvalue weighted by atomic mass is 10.1. The van der Waals surface area contributed by atoms with Gasteiger partial charge in [-0.05, 0) is 38.2 Å². The minimum atomic E-state index is -0.617. The molecule has 0 unspecified atom stereocenters. The highest BCUT2D eigenvalue weighted by atomic mass is 32.1. The van der Waals surface area contributed by atoms with Crippen LogP contribution >= 0.6 is 12.2 Å². The van der Waals surface area contributed by atoms with Crippen LogP contribution in [0.5, 0.6) is 0 Å². The van der Waals surface area contributed by atoms with Crippen LogP contribution in [-0.4, -0.2) is 37.4 Å². The third kappa shape index (κ3) is 2.86. The first kappa shape index (κ1) is 17.0. The highest BCUT2D eigenvalue weighted by Gasteiger charge is 2.20. The normalized spacial score (nSPS) is 11.0. The van der Waals surface area contributed by atoms with E-state index in [0.29, 0.717) is 30.1 Å². The molecule has 9 heteroatoms. The van der Waals surface area contributed by atoms with E-state index < -0.39 is 11.5 Å². The number of nitrogens with one attached hydrogen (secondary N) is 1. The van der Waals surface area contributed by atoms with Crippen molar-refractivity contribution >= 4 is 29.2 Å². The summed E-state index contributed by atoms with van der Waals surface area (Å²) in [7, 11) is 1.27. The van der Waals surface area contributed by atoms with Crippen LogP contribution in [0.2, 0.25) is 0 Å². The molecule has 0 aliphatic carbocycles. The Balaban J connectivity index is 2.43. The Hall–Kier alpha value is -2.81. The summed E-state index contributed by atoms with van der Waals surface area (Å²) in [5, 5.41) is 4.57. The number of ether oxygens (including phenoxy) is 1. The van der Waals surface area contributed by atoms with Crippen LogP contribution in [0.1, 0.15) is 24.2 Å². The molecule has 3 heterocycles. The standard InChI is InChI=1S/C16H17N5O3S/c1-4-20-7-6-10(19-20)11-8-9(15(23)24-3)12-13(17-11)21(5-2)16(25)18-14(12)22/h6-8H,4-5H2,1-3H3,(H,18,22,25). The average molecular weight is 359 g/mol. The van der Waals surface area contributed by atoms with Gasteiger partial charge in [-0.3, -0.25) is 14.5 Å². The second kappa shape index (κ2) is 6.60. The van der Waals surface area contributed by atoms with E-state index in [9.17, 15) is 9.59 Å². The molecule has 0 fully saturated rings. The maximum Gasteiger partial charge on any atom is 0.338 e. The van der Waals surface area contributed by atoms with Crippen molar-refractivity contribution in [3.05, 3.63) is 39.0 Å². The van der Waals surface area contributed by atoms with E-state index in [4.69, 9.17) is 17.0 Å². The number of H-pyrrole nitrogens is 1. The van der Waals surface area contributed by atoms with Gasteiger partial charge in [0.15, 0.2) is 4.77 Å². The number of aromatic nitrogens is 5. The summed E-state index contributed by atoms with van der Waals surface area (Å²) < 4.78 is 8.51. The largest absolute Gasteiger partial charge is 0.465 e. The maximum atomic E-state index is 12.4. The molecule has 0 amide bonds. The van der Waals surface area contributed by atoms with Gasteiger partial charge in [-0.25, -0.2) is 9.78 Å². The highest BCUT2D eigenvalue weighted by molar-refractivity contribution is 7.71. The fourth-order valence-corrected chi connectivity index (χ4v) is 2.95. The van der Waals surface area contributed by atoms with E-state index in [-0.39, 0.29) is 15.7 Å². The summed E-state index contributed by atoms with van der Waals surface area (Å²) >= 11 is 5.22. The SMILES string of the molecule is CCn1ccc(-c2cc(C(=O)OC)c3c(=O)[nH]c(=S)n(CC)c3n2)n1. The first-order chi connectivity index (χ1) is 12.0. The molecule has 0 aliphatic heterocycles. The van der Waals surface area contributed by atoms with Gasteiger partial charge in [0, 0.05) is 19.3 Å². The zero-order valence-corrected chi connectivity index (χ0v) is 14.9. The van der Waals surface area contributed by atoms with Crippen molar-refractivity contribution in [3.63, 3.8) is 0 Å². The second-order valence-corrected chi connectivity index (χ2v) is 5.69. The predicted octanol–water partition coefficient (Wildman–Crippen LogP) is 2.14. The molecule has 0 saturated heterocycles. The molecule has 1 N–H and O–H groups in total. The number of nitrogens with zero attached hydrogens (tertiary/aromatic N) is 4. The highest BCUT2D eigenvalue weighted by Crippen LogP contribution is 2.22. The molecule has 3 aromatic rings. The number of hydrogen-bond donors (Lipinski definition) is 1. The number of esters is 1.